The third kappa shape index (κ3) is 6.29. The lowest BCUT2D eigenvalue weighted by molar-refractivity contribution is 0.102. The highest BCUT2D eigenvalue weighted by Gasteiger charge is 2.27. The number of benzene rings is 1. The van der Waals surface area contributed by atoms with E-state index in [2.05, 4.69) is 43.2 Å². The zero-order valence-electron chi connectivity index (χ0n) is 16.9. The molecule has 1 fully saturated rings. The van der Waals surface area contributed by atoms with Crippen molar-refractivity contribution in [3.8, 4) is 0 Å². The second-order valence-corrected chi connectivity index (χ2v) is 7.86. The highest BCUT2D eigenvalue weighted by Crippen LogP contribution is 2.20. The van der Waals surface area contributed by atoms with Crippen LogP contribution in [0.4, 0.5) is 0 Å². The lowest BCUT2D eigenvalue weighted by Crippen LogP contribution is -2.49. The van der Waals surface area contributed by atoms with E-state index in [1.807, 2.05) is 24.3 Å². The number of aliphatic hydroxyl groups excluding tert-OH is 1. The smallest absolute Gasteiger partial charge is 0.191 e. The Labute approximate surface area is 158 Å². The normalized spacial score (nSPS) is 17.8. The van der Waals surface area contributed by atoms with Crippen molar-refractivity contribution in [3.05, 3.63) is 35.4 Å². The number of nitrogens with zero attached hydrogens (tertiary/aromatic N) is 2. The van der Waals surface area contributed by atoms with Crippen molar-refractivity contribution in [2.45, 2.75) is 58.6 Å². The lowest BCUT2D eigenvalue weighted by atomic mass is 9.99. The predicted octanol–water partition coefficient (Wildman–Crippen LogP) is 2.85. The van der Waals surface area contributed by atoms with Gasteiger partial charge >= 0.3 is 0 Å². The van der Waals surface area contributed by atoms with Gasteiger partial charge in [-0.05, 0) is 59.2 Å². The molecule has 0 aromatic heterocycles. The third-order valence-electron chi connectivity index (χ3n) is 5.11. The van der Waals surface area contributed by atoms with Gasteiger partial charge in [-0.2, -0.15) is 0 Å². The summed E-state index contributed by atoms with van der Waals surface area (Å²) in [5, 5.41) is 17.0. The number of hydrogen-bond acceptors (Lipinski definition) is 3. The quantitative estimate of drug-likeness (QED) is 0.517. The van der Waals surface area contributed by atoms with Crippen LogP contribution in [0.5, 0.6) is 0 Å². The van der Waals surface area contributed by atoms with Crippen molar-refractivity contribution < 1.29 is 5.11 Å². The number of piperidine rings is 1. The second-order valence-electron chi connectivity index (χ2n) is 7.86. The Bertz CT molecular complexity index is 562. The van der Waals surface area contributed by atoms with Gasteiger partial charge in [-0.1, -0.05) is 36.2 Å². The number of rotatable bonds is 7. The SMILES string of the molecule is CCNC(=NCC(C)(C)N1CCCCC1)NCC(O)c1ccc(C)cc1. The fourth-order valence-electron chi connectivity index (χ4n) is 3.31. The molecule has 1 unspecified atom stereocenters. The van der Waals surface area contributed by atoms with Crippen LogP contribution in [0, 0.1) is 6.92 Å². The van der Waals surface area contributed by atoms with Crippen LogP contribution in [0.1, 0.15) is 57.3 Å². The Morgan fingerprint density at radius 2 is 1.81 bits per heavy atom. The van der Waals surface area contributed by atoms with Gasteiger partial charge in [0.05, 0.1) is 12.6 Å². The van der Waals surface area contributed by atoms with Crippen molar-refractivity contribution in [1.29, 1.82) is 0 Å². The number of aliphatic hydroxyl groups is 1. The number of nitrogens with one attached hydrogen (secondary N) is 2. The molecule has 1 atom stereocenters. The zero-order chi connectivity index (χ0) is 19.0. The van der Waals surface area contributed by atoms with Gasteiger partial charge in [-0.3, -0.25) is 9.89 Å². The van der Waals surface area contributed by atoms with Crippen molar-refractivity contribution in [1.82, 2.24) is 15.5 Å². The maximum atomic E-state index is 10.4. The van der Waals surface area contributed by atoms with E-state index in [0.29, 0.717) is 6.54 Å². The third-order valence-corrected chi connectivity index (χ3v) is 5.11. The Kier molecular flexibility index (Phi) is 7.91. The molecule has 5 nitrogen and oxygen atoms in total. The lowest BCUT2D eigenvalue weighted by Gasteiger charge is -2.40. The summed E-state index contributed by atoms with van der Waals surface area (Å²) in [5.74, 6) is 0.767. The minimum absolute atomic E-state index is 0.0539. The molecule has 1 aliphatic heterocycles. The molecule has 1 aromatic carbocycles. The number of likely N-dealkylation sites (tertiary alicyclic amines) is 1. The van der Waals surface area contributed by atoms with E-state index in [0.717, 1.165) is 24.6 Å². The number of aliphatic imine (C=N–C) groups is 1. The van der Waals surface area contributed by atoms with Crippen LogP contribution in [-0.4, -0.2) is 54.2 Å². The van der Waals surface area contributed by atoms with Crippen LogP contribution in [0.25, 0.3) is 0 Å². The minimum Gasteiger partial charge on any atom is -0.387 e. The summed E-state index contributed by atoms with van der Waals surface area (Å²) >= 11 is 0. The van der Waals surface area contributed by atoms with Crippen molar-refractivity contribution >= 4 is 5.96 Å². The number of guanidine groups is 1. The summed E-state index contributed by atoms with van der Waals surface area (Å²) in [6.07, 6.45) is 3.37. The average Bonchev–Trinajstić information content (AvgIpc) is 2.65. The summed E-state index contributed by atoms with van der Waals surface area (Å²) in [6, 6.07) is 8.01. The zero-order valence-corrected chi connectivity index (χ0v) is 16.9. The van der Waals surface area contributed by atoms with Gasteiger partial charge in [0.1, 0.15) is 0 Å². The van der Waals surface area contributed by atoms with Crippen LogP contribution >= 0.6 is 0 Å². The molecule has 0 bridgehead atoms. The number of hydrogen-bond donors (Lipinski definition) is 3. The molecule has 3 N–H and O–H groups in total. The summed E-state index contributed by atoms with van der Waals surface area (Å²) in [7, 11) is 0. The van der Waals surface area contributed by atoms with Gasteiger partial charge in [0.2, 0.25) is 0 Å². The number of aryl methyl sites for hydroxylation is 1. The molecule has 0 amide bonds. The van der Waals surface area contributed by atoms with Crippen LogP contribution in [0.3, 0.4) is 0 Å². The predicted molar refractivity (Wildman–Crippen MR) is 110 cm³/mol. The minimum atomic E-state index is -0.547. The van der Waals surface area contributed by atoms with Gasteiger partial charge in [-0.25, -0.2) is 0 Å². The Morgan fingerprint density at radius 1 is 1.15 bits per heavy atom. The van der Waals surface area contributed by atoms with E-state index in [4.69, 9.17) is 4.99 Å². The fraction of sp³-hybridized carbons (Fsp3) is 0.667. The largest absolute Gasteiger partial charge is 0.387 e. The van der Waals surface area contributed by atoms with Crippen molar-refractivity contribution in [3.63, 3.8) is 0 Å². The van der Waals surface area contributed by atoms with Crippen molar-refractivity contribution in [2.75, 3.05) is 32.7 Å². The highest BCUT2D eigenvalue weighted by atomic mass is 16.3. The Morgan fingerprint density at radius 3 is 2.42 bits per heavy atom. The summed E-state index contributed by atoms with van der Waals surface area (Å²) in [5.41, 5.74) is 2.18. The summed E-state index contributed by atoms with van der Waals surface area (Å²) < 4.78 is 0. The van der Waals surface area contributed by atoms with E-state index >= 15 is 0 Å². The fourth-order valence-corrected chi connectivity index (χ4v) is 3.31. The first kappa shape index (κ1) is 20.7. The van der Waals surface area contributed by atoms with Gasteiger partial charge in [0, 0.05) is 18.6 Å². The maximum absolute atomic E-state index is 10.4. The molecule has 146 valence electrons. The molecule has 0 spiro atoms. The van der Waals surface area contributed by atoms with E-state index in [-0.39, 0.29) is 5.54 Å². The molecule has 5 heteroatoms. The first-order valence-electron chi connectivity index (χ1n) is 9.94. The van der Waals surface area contributed by atoms with Crippen molar-refractivity contribution in [2.24, 2.45) is 4.99 Å². The molecule has 0 radical (unpaired) electrons. The van der Waals surface area contributed by atoms with E-state index in [1.54, 1.807) is 0 Å². The first-order chi connectivity index (χ1) is 12.4. The van der Waals surface area contributed by atoms with E-state index in [9.17, 15) is 5.11 Å². The summed E-state index contributed by atoms with van der Waals surface area (Å²) in [6.45, 7) is 13.0. The monoisotopic (exact) mass is 360 g/mol. The molecular formula is C21H36N4O. The van der Waals surface area contributed by atoms with E-state index < -0.39 is 6.10 Å². The molecule has 0 saturated carbocycles. The molecule has 1 aliphatic rings. The molecule has 1 heterocycles. The summed E-state index contributed by atoms with van der Waals surface area (Å²) in [4.78, 5) is 7.33. The highest BCUT2D eigenvalue weighted by molar-refractivity contribution is 5.79. The van der Waals surface area contributed by atoms with Crippen LogP contribution in [-0.2, 0) is 0 Å². The average molecular weight is 361 g/mol. The van der Waals surface area contributed by atoms with Crippen LogP contribution in [0.2, 0.25) is 0 Å². The Balaban J connectivity index is 1.91. The molecule has 0 aliphatic carbocycles. The van der Waals surface area contributed by atoms with Crippen LogP contribution < -0.4 is 10.6 Å². The van der Waals surface area contributed by atoms with Gasteiger partial charge in [0.25, 0.3) is 0 Å². The van der Waals surface area contributed by atoms with Gasteiger partial charge < -0.3 is 15.7 Å². The molecular weight excluding hydrogens is 324 g/mol. The first-order valence-corrected chi connectivity index (χ1v) is 9.94. The topological polar surface area (TPSA) is 59.9 Å². The molecule has 26 heavy (non-hydrogen) atoms. The molecule has 2 rings (SSSR count). The maximum Gasteiger partial charge on any atom is 0.191 e. The molecule has 1 saturated heterocycles. The van der Waals surface area contributed by atoms with Gasteiger partial charge in [-0.15, -0.1) is 0 Å². The van der Waals surface area contributed by atoms with Gasteiger partial charge in [0.15, 0.2) is 5.96 Å². The van der Waals surface area contributed by atoms with Crippen LogP contribution in [0.15, 0.2) is 29.3 Å². The second kappa shape index (κ2) is 9.93. The molecule has 1 aromatic rings. The Hall–Kier alpha value is -1.59. The van der Waals surface area contributed by atoms with E-state index in [1.165, 1.54) is 37.9 Å². The standard InChI is InChI=1S/C21H36N4O/c1-5-22-20(23-15-19(26)18-11-9-17(2)10-12-18)24-16-21(3,4)25-13-7-6-8-14-25/h9-12,19,26H,5-8,13-16H2,1-4H3,(H2,22,23,24).